The zero-order valence-corrected chi connectivity index (χ0v) is 17.5. The number of hydrogen-bond acceptors (Lipinski definition) is 6. The van der Waals surface area contributed by atoms with Gasteiger partial charge in [0.15, 0.2) is 17.3 Å². The van der Waals surface area contributed by atoms with Gasteiger partial charge in [-0.05, 0) is 61.4 Å². The first kappa shape index (κ1) is 19.7. The molecule has 30 heavy (non-hydrogen) atoms. The molecule has 0 unspecified atom stereocenters. The smallest absolute Gasteiger partial charge is 0.211 e. The van der Waals surface area contributed by atoms with Crippen LogP contribution in [0.5, 0.6) is 11.5 Å². The molecule has 2 heterocycles. The lowest BCUT2D eigenvalue weighted by Crippen LogP contribution is -2.11. The quantitative estimate of drug-likeness (QED) is 0.429. The Morgan fingerprint density at radius 3 is 2.80 bits per heavy atom. The first-order valence-electron chi connectivity index (χ1n) is 9.50. The van der Waals surface area contributed by atoms with Crippen LogP contribution in [0.4, 0.5) is 5.69 Å². The first-order chi connectivity index (χ1) is 14.7. The summed E-state index contributed by atoms with van der Waals surface area (Å²) in [6.45, 7) is 4.37. The van der Waals surface area contributed by atoms with E-state index in [9.17, 15) is 5.11 Å². The molecule has 2 aromatic heterocycles. The normalized spacial score (nSPS) is 12.0. The second-order valence-electron chi connectivity index (χ2n) is 6.50. The Morgan fingerprint density at radius 1 is 1.17 bits per heavy atom. The van der Waals surface area contributed by atoms with Crippen molar-refractivity contribution in [3.05, 3.63) is 82.2 Å². The number of hydrogen-bond donors (Lipinski definition) is 1. The summed E-state index contributed by atoms with van der Waals surface area (Å²) in [5.74, 6) is 1.23. The second kappa shape index (κ2) is 8.84. The predicted molar refractivity (Wildman–Crippen MR) is 119 cm³/mol. The van der Waals surface area contributed by atoms with Gasteiger partial charge in [0.1, 0.15) is 5.69 Å². The van der Waals surface area contributed by atoms with Crippen molar-refractivity contribution in [1.82, 2.24) is 4.68 Å². The number of phenolic OH excluding ortho intramolecular Hbond substituents is 1. The third-order valence-electron chi connectivity index (χ3n) is 4.40. The van der Waals surface area contributed by atoms with Crippen LogP contribution in [0, 0.1) is 6.92 Å². The molecular formula is C23H21N3O3S. The number of furan rings is 1. The summed E-state index contributed by atoms with van der Waals surface area (Å²) in [5.41, 5.74) is 3.57. The zero-order valence-electron chi connectivity index (χ0n) is 16.6. The molecule has 6 nitrogen and oxygen atoms in total. The van der Waals surface area contributed by atoms with Gasteiger partial charge in [-0.1, -0.05) is 18.2 Å². The number of aromatic nitrogens is 1. The number of aryl methyl sites for hydroxylation is 1. The molecule has 152 valence electrons. The maximum absolute atomic E-state index is 9.92. The van der Waals surface area contributed by atoms with Crippen molar-refractivity contribution < 1.29 is 14.3 Å². The Labute approximate surface area is 178 Å². The summed E-state index contributed by atoms with van der Waals surface area (Å²) in [5, 5.41) is 16.5. The lowest BCUT2D eigenvalue weighted by molar-refractivity contribution is 0.318. The summed E-state index contributed by atoms with van der Waals surface area (Å²) in [6, 6.07) is 16.8. The Hall–Kier alpha value is -3.58. The van der Waals surface area contributed by atoms with Gasteiger partial charge in [-0.15, -0.1) is 11.3 Å². The third kappa shape index (κ3) is 4.21. The number of rotatable bonds is 6. The van der Waals surface area contributed by atoms with E-state index in [1.165, 1.54) is 11.3 Å². The van der Waals surface area contributed by atoms with Crippen molar-refractivity contribution in [3.8, 4) is 23.0 Å². The van der Waals surface area contributed by atoms with Gasteiger partial charge >= 0.3 is 0 Å². The Balaban J connectivity index is 1.80. The minimum absolute atomic E-state index is 0.101. The van der Waals surface area contributed by atoms with Crippen LogP contribution >= 0.6 is 11.3 Å². The molecule has 0 aliphatic carbocycles. The van der Waals surface area contributed by atoms with Crippen molar-refractivity contribution in [3.63, 3.8) is 0 Å². The fourth-order valence-corrected chi connectivity index (χ4v) is 3.71. The number of nitrogens with zero attached hydrogens (tertiary/aromatic N) is 3. The minimum atomic E-state index is 0.101. The Morgan fingerprint density at radius 2 is 2.03 bits per heavy atom. The van der Waals surface area contributed by atoms with Crippen LogP contribution in [0.1, 0.15) is 18.1 Å². The van der Waals surface area contributed by atoms with Gasteiger partial charge in [0.2, 0.25) is 4.80 Å². The largest absolute Gasteiger partial charge is 0.504 e. The molecule has 0 aliphatic heterocycles. The molecule has 0 fully saturated rings. The molecule has 0 radical (unpaired) electrons. The average Bonchev–Trinajstić information content (AvgIpc) is 3.40. The fourth-order valence-electron chi connectivity index (χ4n) is 2.88. The molecule has 0 amide bonds. The van der Waals surface area contributed by atoms with Crippen LogP contribution < -0.4 is 9.54 Å². The van der Waals surface area contributed by atoms with Crippen molar-refractivity contribution in [2.45, 2.75) is 13.8 Å². The topological polar surface area (TPSA) is 72.2 Å². The highest BCUT2D eigenvalue weighted by Gasteiger charge is 2.10. The number of thiazole rings is 1. The van der Waals surface area contributed by atoms with Crippen molar-refractivity contribution in [2.75, 3.05) is 6.61 Å². The molecule has 0 spiro atoms. The zero-order chi connectivity index (χ0) is 20.9. The van der Waals surface area contributed by atoms with Gasteiger partial charge in [-0.2, -0.15) is 5.10 Å². The van der Waals surface area contributed by atoms with E-state index in [0.29, 0.717) is 18.1 Å². The molecule has 4 rings (SSSR count). The molecule has 4 aromatic rings. The predicted octanol–water partition coefficient (Wildman–Crippen LogP) is 5.34. The number of aromatic hydroxyl groups is 1. The third-order valence-corrected chi connectivity index (χ3v) is 5.21. The van der Waals surface area contributed by atoms with Crippen LogP contribution in [-0.4, -0.2) is 22.6 Å². The second-order valence-corrected chi connectivity index (χ2v) is 7.33. The van der Waals surface area contributed by atoms with Gasteiger partial charge in [0.05, 0.1) is 24.8 Å². The highest BCUT2D eigenvalue weighted by molar-refractivity contribution is 7.07. The van der Waals surface area contributed by atoms with E-state index in [2.05, 4.69) is 5.10 Å². The monoisotopic (exact) mass is 419 g/mol. The van der Waals surface area contributed by atoms with Crippen LogP contribution in [-0.2, 0) is 0 Å². The number of para-hydroxylation sites is 1. The van der Waals surface area contributed by atoms with Gasteiger partial charge in [-0.25, -0.2) is 9.67 Å². The summed E-state index contributed by atoms with van der Waals surface area (Å²) >= 11 is 1.48. The summed E-state index contributed by atoms with van der Waals surface area (Å²) in [6.07, 6.45) is 3.34. The molecule has 1 N–H and O–H groups in total. The fraction of sp³-hybridized carbons (Fsp3) is 0.130. The molecule has 7 heteroatoms. The van der Waals surface area contributed by atoms with E-state index in [1.54, 1.807) is 35.4 Å². The SMILES string of the molecule is CCOc1cc(C=Nn2c(-c3ccco3)csc2=Nc2ccccc2C)ccc1O. The minimum Gasteiger partial charge on any atom is -0.504 e. The van der Waals surface area contributed by atoms with Crippen LogP contribution in [0.15, 0.2) is 80.8 Å². The molecule has 0 saturated carbocycles. The molecular weight excluding hydrogens is 398 g/mol. The van der Waals surface area contributed by atoms with E-state index in [4.69, 9.17) is 14.1 Å². The Bertz CT molecular complexity index is 1240. The van der Waals surface area contributed by atoms with E-state index in [1.807, 2.05) is 55.6 Å². The maximum Gasteiger partial charge on any atom is 0.211 e. The van der Waals surface area contributed by atoms with Crippen LogP contribution in [0.2, 0.25) is 0 Å². The number of benzene rings is 2. The highest BCUT2D eigenvalue weighted by atomic mass is 32.1. The summed E-state index contributed by atoms with van der Waals surface area (Å²) in [7, 11) is 0. The molecule has 0 aliphatic rings. The van der Waals surface area contributed by atoms with Crippen molar-refractivity contribution in [2.24, 2.45) is 10.1 Å². The van der Waals surface area contributed by atoms with Crippen molar-refractivity contribution in [1.29, 1.82) is 0 Å². The first-order valence-corrected chi connectivity index (χ1v) is 10.4. The van der Waals surface area contributed by atoms with Crippen LogP contribution in [0.25, 0.3) is 11.5 Å². The van der Waals surface area contributed by atoms with E-state index < -0.39 is 0 Å². The van der Waals surface area contributed by atoms with Crippen molar-refractivity contribution >= 4 is 23.2 Å². The molecule has 0 bridgehead atoms. The molecule has 0 saturated heterocycles. The van der Waals surface area contributed by atoms with Crippen LogP contribution in [0.3, 0.4) is 0 Å². The van der Waals surface area contributed by atoms with Gasteiger partial charge < -0.3 is 14.3 Å². The van der Waals surface area contributed by atoms with E-state index in [-0.39, 0.29) is 5.75 Å². The van der Waals surface area contributed by atoms with Gasteiger partial charge in [0.25, 0.3) is 0 Å². The average molecular weight is 420 g/mol. The highest BCUT2D eigenvalue weighted by Crippen LogP contribution is 2.26. The summed E-state index contributed by atoms with van der Waals surface area (Å²) < 4.78 is 12.8. The molecule has 2 aromatic carbocycles. The number of phenols is 1. The van der Waals surface area contributed by atoms with E-state index in [0.717, 1.165) is 27.3 Å². The standard InChI is InChI=1S/C23H21N3O3S/c1-3-28-22-13-17(10-11-20(22)27)14-24-26-19(21-9-6-12-29-21)15-30-23(26)25-18-8-5-4-7-16(18)2/h4-15,27H,3H2,1-2H3. The summed E-state index contributed by atoms with van der Waals surface area (Å²) in [4.78, 5) is 5.52. The Kier molecular flexibility index (Phi) is 5.81. The lowest BCUT2D eigenvalue weighted by Gasteiger charge is -2.06. The van der Waals surface area contributed by atoms with Gasteiger partial charge in [0, 0.05) is 5.38 Å². The lowest BCUT2D eigenvalue weighted by atomic mass is 10.2. The maximum atomic E-state index is 9.92. The van der Waals surface area contributed by atoms with Gasteiger partial charge in [-0.3, -0.25) is 0 Å². The molecule has 0 atom stereocenters. The number of ether oxygens (including phenoxy) is 1. The van der Waals surface area contributed by atoms with E-state index >= 15 is 0 Å².